The first-order valence-corrected chi connectivity index (χ1v) is 11.5. The highest BCUT2D eigenvalue weighted by Crippen LogP contribution is 2.18. The molecule has 0 spiro atoms. The van der Waals surface area contributed by atoms with Crippen molar-refractivity contribution in [1.29, 1.82) is 0 Å². The number of rotatable bonds is 19. The maximum atomic E-state index is 9.04. The Bertz CT molecular complexity index is 463. The Balaban J connectivity index is 0.00000784. The largest absolute Gasteiger partial charge is 1.00 e. The van der Waals surface area contributed by atoms with Crippen molar-refractivity contribution >= 4 is 0 Å². The third kappa shape index (κ3) is 14.7. The van der Waals surface area contributed by atoms with Crippen LogP contribution in [0.15, 0.2) is 43.0 Å². The lowest BCUT2D eigenvalue weighted by Gasteiger charge is -2.13. The lowest BCUT2D eigenvalue weighted by molar-refractivity contribution is -0.685. The van der Waals surface area contributed by atoms with Gasteiger partial charge in [-0.25, -0.2) is 0 Å². The van der Waals surface area contributed by atoms with Gasteiger partial charge in [0.15, 0.2) is 0 Å². The highest BCUT2D eigenvalue weighted by atomic mass is 35.5. The summed E-state index contributed by atoms with van der Waals surface area (Å²) in [5.41, 5.74) is 1.34. The molecule has 3 nitrogen and oxygen atoms in total. The van der Waals surface area contributed by atoms with Crippen molar-refractivity contribution in [2.75, 3.05) is 19.8 Å². The third-order valence-corrected chi connectivity index (χ3v) is 5.75. The highest BCUT2D eigenvalue weighted by molar-refractivity contribution is 5.19. The van der Waals surface area contributed by atoms with E-state index in [2.05, 4.69) is 42.2 Å². The van der Waals surface area contributed by atoms with Gasteiger partial charge in [0.1, 0.15) is 6.04 Å². The average molecular weight is 426 g/mol. The number of hydrogen-bond acceptors (Lipinski definition) is 2. The molecule has 1 rings (SSSR count). The number of benzene rings is 1. The second-order valence-corrected chi connectivity index (χ2v) is 8.06. The lowest BCUT2D eigenvalue weighted by Crippen LogP contribution is -3.00. The lowest BCUT2D eigenvalue weighted by atomic mass is 9.94. The maximum Gasteiger partial charge on any atom is 0.130 e. The summed E-state index contributed by atoms with van der Waals surface area (Å²) in [7, 11) is 0. The van der Waals surface area contributed by atoms with E-state index in [-0.39, 0.29) is 25.6 Å². The molecule has 4 heteroatoms. The fourth-order valence-electron chi connectivity index (χ4n) is 3.95. The zero-order chi connectivity index (χ0) is 20.3. The molecular weight excluding hydrogens is 382 g/mol. The smallest absolute Gasteiger partial charge is 0.130 e. The van der Waals surface area contributed by atoms with E-state index in [1.54, 1.807) is 0 Å². The molecule has 0 fully saturated rings. The maximum absolute atomic E-state index is 9.04. The molecule has 4 N–H and O–H groups in total. The number of nitrogens with two attached hydrogens (primary N) is 1. The van der Waals surface area contributed by atoms with Crippen molar-refractivity contribution in [1.82, 2.24) is 0 Å². The highest BCUT2D eigenvalue weighted by Gasteiger charge is 2.09. The van der Waals surface area contributed by atoms with E-state index in [4.69, 9.17) is 10.2 Å². The Hall–Kier alpha value is -0.870. The van der Waals surface area contributed by atoms with Crippen LogP contribution >= 0.6 is 0 Å². The van der Waals surface area contributed by atoms with Crippen LogP contribution in [0, 0.1) is 5.92 Å². The van der Waals surface area contributed by atoms with Crippen LogP contribution in [0.3, 0.4) is 0 Å². The average Bonchev–Trinajstić information content (AvgIpc) is 2.72. The number of aliphatic hydroxyl groups is 2. The quantitative estimate of drug-likeness (QED) is 0.234. The molecule has 1 unspecified atom stereocenters. The zero-order valence-electron chi connectivity index (χ0n) is 18.3. The molecule has 0 saturated carbocycles. The summed E-state index contributed by atoms with van der Waals surface area (Å²) in [5, 5.41) is 20.5. The van der Waals surface area contributed by atoms with Crippen LogP contribution in [0.1, 0.15) is 88.7 Å². The molecule has 1 atom stereocenters. The SMILES string of the molecule is C=CC([NH2+]CCCCCCCCCCCC(CCO)CCO)c1ccccc1.[Cl-]. The van der Waals surface area contributed by atoms with E-state index in [0.717, 1.165) is 19.3 Å². The molecule has 1 aromatic rings. The van der Waals surface area contributed by atoms with Gasteiger partial charge in [0.25, 0.3) is 0 Å². The second-order valence-electron chi connectivity index (χ2n) is 8.06. The Morgan fingerprint density at radius 3 is 1.79 bits per heavy atom. The molecule has 168 valence electrons. The van der Waals surface area contributed by atoms with E-state index < -0.39 is 0 Å². The normalized spacial score (nSPS) is 12.0. The summed E-state index contributed by atoms with van der Waals surface area (Å²) in [6.45, 7) is 5.66. The summed E-state index contributed by atoms with van der Waals surface area (Å²) >= 11 is 0. The fraction of sp³-hybridized carbons (Fsp3) is 0.680. The van der Waals surface area contributed by atoms with Gasteiger partial charge < -0.3 is 27.9 Å². The predicted octanol–water partition coefficient (Wildman–Crippen LogP) is 1.76. The number of aliphatic hydroxyl groups excluding tert-OH is 2. The summed E-state index contributed by atoms with van der Waals surface area (Å²) in [5.74, 6) is 0.509. The van der Waals surface area contributed by atoms with E-state index in [0.29, 0.717) is 12.0 Å². The number of unbranched alkanes of at least 4 members (excludes halogenated alkanes) is 8. The summed E-state index contributed by atoms with van der Waals surface area (Å²) < 4.78 is 0. The minimum Gasteiger partial charge on any atom is -1.00 e. The van der Waals surface area contributed by atoms with Crippen molar-refractivity contribution in [2.45, 2.75) is 83.1 Å². The zero-order valence-corrected chi connectivity index (χ0v) is 19.0. The Kier molecular flexibility index (Phi) is 19.8. The molecule has 0 radical (unpaired) electrons. The van der Waals surface area contributed by atoms with Gasteiger partial charge in [0, 0.05) is 18.8 Å². The van der Waals surface area contributed by atoms with Gasteiger partial charge in [-0.05, 0) is 37.7 Å². The first kappa shape index (κ1) is 28.1. The first-order chi connectivity index (χ1) is 13.8. The van der Waals surface area contributed by atoms with E-state index in [9.17, 15) is 0 Å². The van der Waals surface area contributed by atoms with Crippen molar-refractivity contribution in [3.8, 4) is 0 Å². The van der Waals surface area contributed by atoms with Gasteiger partial charge in [-0.3, -0.25) is 0 Å². The number of hydrogen-bond donors (Lipinski definition) is 3. The molecule has 0 amide bonds. The monoisotopic (exact) mass is 425 g/mol. The van der Waals surface area contributed by atoms with Crippen LogP contribution in [-0.4, -0.2) is 30.0 Å². The van der Waals surface area contributed by atoms with Crippen molar-refractivity contribution in [3.05, 3.63) is 48.6 Å². The number of quaternary nitrogens is 1. The van der Waals surface area contributed by atoms with Gasteiger partial charge in [-0.15, -0.1) is 0 Å². The second kappa shape index (κ2) is 20.4. The van der Waals surface area contributed by atoms with E-state index in [1.807, 2.05) is 6.08 Å². The van der Waals surface area contributed by atoms with Crippen molar-refractivity contribution < 1.29 is 27.9 Å². The van der Waals surface area contributed by atoms with E-state index >= 15 is 0 Å². The van der Waals surface area contributed by atoms with Crippen LogP contribution in [-0.2, 0) is 0 Å². The molecule has 0 aliphatic heterocycles. The molecular formula is C25H44ClNO2. The topological polar surface area (TPSA) is 57.1 Å². The molecule has 0 heterocycles. The summed E-state index contributed by atoms with van der Waals surface area (Å²) in [6, 6.07) is 11.0. The van der Waals surface area contributed by atoms with Crippen LogP contribution in [0.25, 0.3) is 0 Å². The van der Waals surface area contributed by atoms with Crippen molar-refractivity contribution in [3.63, 3.8) is 0 Å². The predicted molar refractivity (Wildman–Crippen MR) is 119 cm³/mol. The standard InChI is InChI=1S/C25H43NO2.ClH/c1-2-25(24-16-12-10-13-17-24)26-20-14-9-7-5-3-4-6-8-11-15-23(18-21-27)19-22-28;/h2,10,12-13,16-17,23,25-28H,1,3-9,11,14-15,18-22H2;1H. The van der Waals surface area contributed by atoms with Crippen LogP contribution in [0.4, 0.5) is 0 Å². The first-order valence-electron chi connectivity index (χ1n) is 11.5. The molecule has 29 heavy (non-hydrogen) atoms. The minimum absolute atomic E-state index is 0. The van der Waals surface area contributed by atoms with Gasteiger partial charge in [-0.1, -0.05) is 88.3 Å². The van der Waals surface area contributed by atoms with Gasteiger partial charge in [-0.2, -0.15) is 0 Å². The summed E-state index contributed by atoms with van der Waals surface area (Å²) in [6.07, 6.45) is 16.8. The molecule has 0 aromatic heterocycles. The van der Waals surface area contributed by atoms with Gasteiger partial charge in [0.2, 0.25) is 0 Å². The number of halogens is 1. The van der Waals surface area contributed by atoms with E-state index in [1.165, 1.54) is 69.9 Å². The third-order valence-electron chi connectivity index (χ3n) is 5.75. The molecule has 0 saturated heterocycles. The van der Waals surface area contributed by atoms with Crippen molar-refractivity contribution in [2.24, 2.45) is 5.92 Å². The van der Waals surface area contributed by atoms with Crippen LogP contribution in [0.5, 0.6) is 0 Å². The van der Waals surface area contributed by atoms with Gasteiger partial charge in [0.05, 0.1) is 6.54 Å². The Labute approximate surface area is 185 Å². The van der Waals surface area contributed by atoms with Gasteiger partial charge >= 0.3 is 0 Å². The van der Waals surface area contributed by atoms with Crippen LogP contribution in [0.2, 0.25) is 0 Å². The minimum atomic E-state index is 0. The Morgan fingerprint density at radius 1 is 0.759 bits per heavy atom. The van der Waals surface area contributed by atoms with Crippen LogP contribution < -0.4 is 17.7 Å². The molecule has 0 aliphatic rings. The molecule has 1 aromatic carbocycles. The molecule has 0 bridgehead atoms. The summed E-state index contributed by atoms with van der Waals surface area (Å²) in [4.78, 5) is 0. The molecule has 0 aliphatic carbocycles. The fourth-order valence-corrected chi connectivity index (χ4v) is 3.95. The Morgan fingerprint density at radius 2 is 1.28 bits per heavy atom.